The number of ether oxygens (including phenoxy) is 2. The number of nitrogens with two attached hydrogens (primary N) is 1. The lowest BCUT2D eigenvalue weighted by Gasteiger charge is -2.43. The van der Waals surface area contributed by atoms with Gasteiger partial charge in [-0.2, -0.15) is 0 Å². The van der Waals surface area contributed by atoms with Gasteiger partial charge < -0.3 is 35.6 Å². The zero-order valence-corrected chi connectivity index (χ0v) is 11.0. The lowest BCUT2D eigenvalue weighted by atomic mass is 9.90. The molecule has 0 aromatic carbocycles. The first-order valence-electron chi connectivity index (χ1n) is 5.62. The molecule has 1 aliphatic rings. The maximum absolute atomic E-state index is 11.5. The first-order valence-corrected chi connectivity index (χ1v) is 6.00. The second-order valence-electron chi connectivity index (χ2n) is 4.39. The number of aliphatic hydroxyl groups is 4. The summed E-state index contributed by atoms with van der Waals surface area (Å²) in [4.78, 5) is 11.5. The summed E-state index contributed by atoms with van der Waals surface area (Å²) in [5.74, 6) is -0.948. The fraction of sp³-hybridized carbons (Fsp3) is 0.900. The average molecular weight is 300 g/mol. The molecule has 0 spiro atoms. The number of esters is 1. The highest BCUT2D eigenvalue weighted by Gasteiger charge is 2.52. The molecule has 0 radical (unpaired) electrons. The van der Waals surface area contributed by atoms with Crippen LogP contribution in [0.4, 0.5) is 0 Å². The molecule has 0 aromatic rings. The Bertz CT molecular complexity index is 331. The summed E-state index contributed by atoms with van der Waals surface area (Å²) < 4.78 is 9.63. The molecule has 1 heterocycles. The van der Waals surface area contributed by atoms with Crippen LogP contribution in [0.5, 0.6) is 0 Å². The third-order valence-corrected chi connectivity index (χ3v) is 3.42. The molecule has 1 fully saturated rings. The van der Waals surface area contributed by atoms with E-state index in [9.17, 15) is 20.1 Å². The molecule has 19 heavy (non-hydrogen) atoms. The Morgan fingerprint density at radius 1 is 1.63 bits per heavy atom. The van der Waals surface area contributed by atoms with E-state index in [0.717, 1.165) is 7.11 Å². The number of rotatable bonds is 4. The van der Waals surface area contributed by atoms with Crippen molar-refractivity contribution in [2.24, 2.45) is 5.73 Å². The zero-order valence-electron chi connectivity index (χ0n) is 10.3. The van der Waals surface area contributed by atoms with E-state index < -0.39 is 48.1 Å². The Labute approximate surface area is 114 Å². The fourth-order valence-corrected chi connectivity index (χ4v) is 2.21. The predicted molar refractivity (Wildman–Crippen MR) is 63.2 cm³/mol. The van der Waals surface area contributed by atoms with Crippen molar-refractivity contribution in [1.29, 1.82) is 0 Å². The van der Waals surface area contributed by atoms with E-state index >= 15 is 0 Å². The van der Waals surface area contributed by atoms with Crippen LogP contribution in [0.1, 0.15) is 6.42 Å². The van der Waals surface area contributed by atoms with Crippen molar-refractivity contribution in [3.63, 3.8) is 0 Å². The molecule has 1 rings (SSSR count). The van der Waals surface area contributed by atoms with Gasteiger partial charge in [-0.25, -0.2) is 4.79 Å². The first-order chi connectivity index (χ1) is 8.76. The second kappa shape index (κ2) is 6.31. The van der Waals surface area contributed by atoms with E-state index in [2.05, 4.69) is 4.74 Å². The summed E-state index contributed by atoms with van der Waals surface area (Å²) in [6.45, 7) is -0.739. The van der Waals surface area contributed by atoms with Crippen molar-refractivity contribution >= 4 is 17.6 Å². The van der Waals surface area contributed by atoms with Crippen LogP contribution in [-0.4, -0.2) is 75.6 Å². The van der Waals surface area contributed by atoms with Crippen molar-refractivity contribution in [2.75, 3.05) is 13.7 Å². The minimum Gasteiger partial charge on any atom is -0.466 e. The van der Waals surface area contributed by atoms with Crippen LogP contribution < -0.4 is 5.73 Å². The van der Waals surface area contributed by atoms with Gasteiger partial charge in [0.15, 0.2) is 0 Å². The summed E-state index contributed by atoms with van der Waals surface area (Å²) in [6.07, 6.45) is -6.04. The monoisotopic (exact) mass is 299 g/mol. The van der Waals surface area contributed by atoms with Crippen LogP contribution in [0.15, 0.2) is 0 Å². The summed E-state index contributed by atoms with van der Waals surface area (Å²) in [6, 6.07) is -1.08. The Hall–Kier alpha value is -0.480. The molecule has 6 atom stereocenters. The molecule has 0 saturated carbocycles. The highest BCUT2D eigenvalue weighted by molar-refractivity contribution is 6.32. The molecule has 1 saturated heterocycles. The topological polar surface area (TPSA) is 142 Å². The number of hydrogen-bond acceptors (Lipinski definition) is 8. The number of halogens is 1. The Morgan fingerprint density at radius 3 is 2.68 bits per heavy atom. The maximum atomic E-state index is 11.5. The summed E-state index contributed by atoms with van der Waals surface area (Å²) in [7, 11) is 1.09. The quantitative estimate of drug-likeness (QED) is 0.278. The smallest absolute Gasteiger partial charge is 0.354 e. The number of methoxy groups -OCH3 is 1. The van der Waals surface area contributed by atoms with Crippen molar-refractivity contribution in [2.45, 2.75) is 41.9 Å². The van der Waals surface area contributed by atoms with Gasteiger partial charge in [0.05, 0.1) is 25.9 Å². The van der Waals surface area contributed by atoms with Crippen LogP contribution in [-0.2, 0) is 14.3 Å². The molecule has 9 heteroatoms. The van der Waals surface area contributed by atoms with E-state index in [0.29, 0.717) is 0 Å². The van der Waals surface area contributed by atoms with Crippen molar-refractivity contribution in [3.05, 3.63) is 0 Å². The highest BCUT2D eigenvalue weighted by atomic mass is 35.5. The van der Waals surface area contributed by atoms with Gasteiger partial charge in [0.1, 0.15) is 18.3 Å². The molecule has 0 amide bonds. The van der Waals surface area contributed by atoms with Gasteiger partial charge in [0.2, 0.25) is 5.06 Å². The maximum Gasteiger partial charge on any atom is 0.354 e. The minimum atomic E-state index is -2.00. The van der Waals surface area contributed by atoms with Gasteiger partial charge >= 0.3 is 5.97 Å². The van der Waals surface area contributed by atoms with Gasteiger partial charge in [0.25, 0.3) is 0 Å². The molecule has 6 N–H and O–H groups in total. The van der Waals surface area contributed by atoms with E-state index in [1.807, 2.05) is 0 Å². The van der Waals surface area contributed by atoms with Gasteiger partial charge in [-0.3, -0.25) is 0 Å². The number of alkyl halides is 1. The first kappa shape index (κ1) is 16.6. The average Bonchev–Trinajstić information content (AvgIpc) is 2.40. The Kier molecular flexibility index (Phi) is 5.51. The van der Waals surface area contributed by atoms with Crippen LogP contribution in [0.2, 0.25) is 0 Å². The molecule has 0 aliphatic carbocycles. The van der Waals surface area contributed by atoms with Gasteiger partial charge in [-0.05, 0) is 0 Å². The summed E-state index contributed by atoms with van der Waals surface area (Å²) >= 11 is 5.90. The number of carbonyl (C=O) groups excluding carboxylic acids is 1. The highest BCUT2D eigenvalue weighted by Crippen LogP contribution is 2.35. The fourth-order valence-electron chi connectivity index (χ4n) is 1.87. The SMILES string of the molecule is COC(=O)C1(Cl)CC(O)C(N)C(C(O)C(O)CO)O1. The number of aliphatic hydroxyl groups excluding tert-OH is 4. The van der Waals surface area contributed by atoms with Crippen LogP contribution in [0.25, 0.3) is 0 Å². The van der Waals surface area contributed by atoms with Crippen molar-refractivity contribution in [3.8, 4) is 0 Å². The van der Waals surface area contributed by atoms with Crippen LogP contribution >= 0.6 is 11.6 Å². The zero-order chi connectivity index (χ0) is 14.8. The number of hydrogen-bond donors (Lipinski definition) is 5. The number of carbonyl (C=O) groups is 1. The van der Waals surface area contributed by atoms with E-state index in [1.165, 1.54) is 0 Å². The normalized spacial score (nSPS) is 38.6. The molecule has 112 valence electrons. The van der Waals surface area contributed by atoms with Crippen molar-refractivity contribution < 1.29 is 34.7 Å². The molecular weight excluding hydrogens is 282 g/mol. The predicted octanol–water partition coefficient (Wildman–Crippen LogP) is -2.71. The second-order valence-corrected chi connectivity index (χ2v) is 5.00. The molecule has 8 nitrogen and oxygen atoms in total. The van der Waals surface area contributed by atoms with Gasteiger partial charge in [-0.1, -0.05) is 11.6 Å². The minimum absolute atomic E-state index is 0.319. The molecule has 1 aliphatic heterocycles. The lowest BCUT2D eigenvalue weighted by molar-refractivity contribution is -0.205. The summed E-state index contributed by atoms with van der Waals surface area (Å²) in [5, 5.41) is 35.7. The largest absolute Gasteiger partial charge is 0.466 e. The van der Waals surface area contributed by atoms with E-state index in [1.54, 1.807) is 0 Å². The lowest BCUT2D eigenvalue weighted by Crippen LogP contribution is -2.64. The standard InChI is InChI=1S/C10H18ClNO7/c1-18-9(17)10(11)2-4(14)6(12)8(19-10)7(16)5(15)3-13/h4-8,13-16H,2-3,12H2,1H3. The molecule has 0 bridgehead atoms. The summed E-state index contributed by atoms with van der Waals surface area (Å²) in [5.41, 5.74) is 5.64. The van der Waals surface area contributed by atoms with Gasteiger partial charge in [0, 0.05) is 6.42 Å². The molecule has 0 aromatic heterocycles. The van der Waals surface area contributed by atoms with Gasteiger partial charge in [-0.15, -0.1) is 0 Å². The third-order valence-electron chi connectivity index (χ3n) is 3.03. The van der Waals surface area contributed by atoms with E-state index in [4.69, 9.17) is 27.2 Å². The Balaban J connectivity index is 2.94. The Morgan fingerprint density at radius 2 is 2.21 bits per heavy atom. The van der Waals surface area contributed by atoms with Crippen LogP contribution in [0.3, 0.4) is 0 Å². The molecular formula is C10H18ClNO7. The van der Waals surface area contributed by atoms with Crippen molar-refractivity contribution in [1.82, 2.24) is 0 Å². The molecule has 6 unspecified atom stereocenters. The van der Waals surface area contributed by atoms with E-state index in [-0.39, 0.29) is 6.42 Å². The third kappa shape index (κ3) is 3.34. The van der Waals surface area contributed by atoms with Crippen LogP contribution in [0, 0.1) is 0 Å².